The lowest BCUT2D eigenvalue weighted by Crippen LogP contribution is -2.56. The maximum atomic E-state index is 12.2. The molecule has 0 aromatic carbocycles. The van der Waals surface area contributed by atoms with Gasteiger partial charge in [-0.15, -0.1) is 0 Å². The van der Waals surface area contributed by atoms with Crippen molar-refractivity contribution < 1.29 is 13.2 Å². The van der Waals surface area contributed by atoms with Crippen LogP contribution in [-0.2, 0) is 14.8 Å². The molecule has 0 saturated carbocycles. The van der Waals surface area contributed by atoms with Crippen LogP contribution < -0.4 is 5.73 Å². The zero-order valence-corrected chi connectivity index (χ0v) is 12.2. The highest BCUT2D eigenvalue weighted by molar-refractivity contribution is 7.89. The van der Waals surface area contributed by atoms with Gasteiger partial charge in [-0.05, 0) is 12.8 Å². The van der Waals surface area contributed by atoms with Crippen molar-refractivity contribution in [2.75, 3.05) is 32.6 Å². The van der Waals surface area contributed by atoms with Crippen LogP contribution in [0.4, 0.5) is 0 Å². The third kappa shape index (κ3) is 3.91. The molecule has 0 heterocycles. The van der Waals surface area contributed by atoms with Crippen molar-refractivity contribution in [3.63, 3.8) is 0 Å². The summed E-state index contributed by atoms with van der Waals surface area (Å²) in [5.74, 6) is 0.0130. The summed E-state index contributed by atoms with van der Waals surface area (Å²) in [6.45, 7) is 6.81. The van der Waals surface area contributed by atoms with Gasteiger partial charge in [-0.3, -0.25) is 0 Å². The van der Waals surface area contributed by atoms with E-state index in [1.165, 1.54) is 7.11 Å². The summed E-state index contributed by atoms with van der Waals surface area (Å²) in [5, 5.41) is 0. The molecule has 0 amide bonds. The van der Waals surface area contributed by atoms with Gasteiger partial charge in [0.25, 0.3) is 0 Å². The van der Waals surface area contributed by atoms with Crippen LogP contribution >= 0.6 is 0 Å². The van der Waals surface area contributed by atoms with Crippen LogP contribution in [0.2, 0.25) is 0 Å². The smallest absolute Gasteiger partial charge is 0.216 e. The molecule has 0 unspecified atom stereocenters. The molecule has 2 N–H and O–H groups in total. The summed E-state index contributed by atoms with van der Waals surface area (Å²) >= 11 is 0. The van der Waals surface area contributed by atoms with Crippen LogP contribution in [0.15, 0.2) is 0 Å². The van der Waals surface area contributed by atoms with Crippen LogP contribution in [-0.4, -0.2) is 50.8 Å². The second-order valence-electron chi connectivity index (χ2n) is 4.11. The van der Waals surface area contributed by atoms with E-state index < -0.39 is 15.6 Å². The summed E-state index contributed by atoms with van der Waals surface area (Å²) < 4.78 is 30.9. The van der Waals surface area contributed by atoms with Crippen LogP contribution in [0.1, 0.15) is 33.6 Å². The molecule has 0 spiro atoms. The van der Waals surface area contributed by atoms with Crippen LogP contribution in [0.3, 0.4) is 0 Å². The fourth-order valence-electron chi connectivity index (χ4n) is 2.12. The normalized spacial score (nSPS) is 13.3. The SMILES string of the molecule is CCN(C(CC)(CC)CN)S(=O)(=O)CCOC. The Labute approximate surface area is 105 Å². The van der Waals surface area contributed by atoms with E-state index in [9.17, 15) is 8.42 Å². The van der Waals surface area contributed by atoms with Crippen molar-refractivity contribution in [3.05, 3.63) is 0 Å². The molecule has 0 aliphatic heterocycles. The zero-order chi connectivity index (χ0) is 13.5. The van der Waals surface area contributed by atoms with Crippen LogP contribution in [0.5, 0.6) is 0 Å². The minimum atomic E-state index is -3.30. The summed E-state index contributed by atoms with van der Waals surface area (Å²) in [6.07, 6.45) is 1.44. The first-order valence-electron chi connectivity index (χ1n) is 6.13. The molecule has 5 nitrogen and oxygen atoms in total. The number of methoxy groups -OCH3 is 1. The zero-order valence-electron chi connectivity index (χ0n) is 11.4. The lowest BCUT2D eigenvalue weighted by atomic mass is 9.93. The fourth-order valence-corrected chi connectivity index (χ4v) is 4.03. The minimum absolute atomic E-state index is 0.0130. The van der Waals surface area contributed by atoms with E-state index in [4.69, 9.17) is 10.5 Å². The fraction of sp³-hybridized carbons (Fsp3) is 1.00. The first kappa shape index (κ1) is 16.8. The summed E-state index contributed by atoms with van der Waals surface area (Å²) in [4.78, 5) is 0. The van der Waals surface area contributed by atoms with E-state index in [-0.39, 0.29) is 12.4 Å². The number of hydrogen-bond acceptors (Lipinski definition) is 4. The van der Waals surface area contributed by atoms with Gasteiger partial charge in [-0.25, -0.2) is 8.42 Å². The molecule has 0 saturated heterocycles. The van der Waals surface area contributed by atoms with Gasteiger partial charge in [0.2, 0.25) is 10.0 Å². The van der Waals surface area contributed by atoms with E-state index >= 15 is 0 Å². The average Bonchev–Trinajstić information content (AvgIpc) is 2.33. The minimum Gasteiger partial charge on any atom is -0.384 e. The summed E-state index contributed by atoms with van der Waals surface area (Å²) in [7, 11) is -1.80. The first-order chi connectivity index (χ1) is 7.94. The number of sulfonamides is 1. The maximum absolute atomic E-state index is 12.2. The van der Waals surface area contributed by atoms with Gasteiger partial charge in [-0.1, -0.05) is 20.8 Å². The largest absolute Gasteiger partial charge is 0.384 e. The number of nitrogens with two attached hydrogens (primary N) is 1. The predicted molar refractivity (Wildman–Crippen MR) is 70.4 cm³/mol. The Morgan fingerprint density at radius 2 is 1.76 bits per heavy atom. The van der Waals surface area contributed by atoms with Gasteiger partial charge in [-0.2, -0.15) is 4.31 Å². The molecule has 6 heteroatoms. The summed E-state index contributed by atoms with van der Waals surface area (Å²) in [6, 6.07) is 0. The van der Waals surface area contributed by atoms with Gasteiger partial charge in [0.05, 0.1) is 12.4 Å². The van der Waals surface area contributed by atoms with Gasteiger partial charge >= 0.3 is 0 Å². The molecule has 0 radical (unpaired) electrons. The standard InChI is InChI=1S/C11H26N2O3S/c1-5-11(6-2,10-12)13(7-3)17(14,15)9-8-16-4/h5-10,12H2,1-4H3. The van der Waals surface area contributed by atoms with Gasteiger partial charge in [0.1, 0.15) is 0 Å². The number of likely N-dealkylation sites (N-methyl/N-ethyl adjacent to an activating group) is 1. The van der Waals surface area contributed by atoms with Crippen molar-refractivity contribution in [3.8, 4) is 0 Å². The molecule has 17 heavy (non-hydrogen) atoms. The van der Waals surface area contributed by atoms with E-state index in [0.29, 0.717) is 13.1 Å². The van der Waals surface area contributed by atoms with Crippen molar-refractivity contribution in [2.24, 2.45) is 5.73 Å². The van der Waals surface area contributed by atoms with Gasteiger partial charge in [0.15, 0.2) is 0 Å². The maximum Gasteiger partial charge on any atom is 0.216 e. The second-order valence-corrected chi connectivity index (χ2v) is 6.12. The highest BCUT2D eigenvalue weighted by Crippen LogP contribution is 2.26. The Morgan fingerprint density at radius 1 is 1.24 bits per heavy atom. The summed E-state index contributed by atoms with van der Waals surface area (Å²) in [5.41, 5.74) is 5.34. The quantitative estimate of drug-likeness (QED) is 0.670. The van der Waals surface area contributed by atoms with E-state index in [1.807, 2.05) is 20.8 Å². The molecule has 0 fully saturated rings. The van der Waals surface area contributed by atoms with Crippen molar-refractivity contribution in [2.45, 2.75) is 39.2 Å². The van der Waals surface area contributed by atoms with Gasteiger partial charge < -0.3 is 10.5 Å². The highest BCUT2D eigenvalue weighted by atomic mass is 32.2. The Balaban J connectivity index is 5.16. The Morgan fingerprint density at radius 3 is 2.06 bits per heavy atom. The third-order valence-corrected chi connectivity index (χ3v) is 5.39. The Kier molecular flexibility index (Phi) is 7.23. The molecule has 0 aromatic heterocycles. The van der Waals surface area contributed by atoms with Crippen molar-refractivity contribution >= 4 is 10.0 Å². The lowest BCUT2D eigenvalue weighted by Gasteiger charge is -2.40. The molecule has 0 aromatic rings. The predicted octanol–water partition coefficient (Wildman–Crippen LogP) is 0.802. The van der Waals surface area contributed by atoms with Crippen LogP contribution in [0, 0.1) is 0 Å². The van der Waals surface area contributed by atoms with Crippen LogP contribution in [0.25, 0.3) is 0 Å². The molecule has 0 bridgehead atoms. The third-order valence-electron chi connectivity index (χ3n) is 3.39. The van der Waals surface area contributed by atoms with Crippen molar-refractivity contribution in [1.82, 2.24) is 4.31 Å². The van der Waals surface area contributed by atoms with E-state index in [0.717, 1.165) is 12.8 Å². The average molecular weight is 266 g/mol. The number of ether oxygens (including phenoxy) is 1. The topological polar surface area (TPSA) is 72.6 Å². The Bertz CT molecular complexity index is 292. The molecule has 104 valence electrons. The molecule has 0 aliphatic rings. The molecule has 0 aliphatic carbocycles. The monoisotopic (exact) mass is 266 g/mol. The lowest BCUT2D eigenvalue weighted by molar-refractivity contribution is 0.178. The molecular formula is C11H26N2O3S. The van der Waals surface area contributed by atoms with Gasteiger partial charge in [0, 0.05) is 25.7 Å². The molecule has 0 rings (SSSR count). The molecule has 0 atom stereocenters. The Hall–Kier alpha value is -0.170. The second kappa shape index (κ2) is 7.31. The molecular weight excluding hydrogens is 240 g/mol. The number of nitrogens with zero attached hydrogens (tertiary/aromatic N) is 1. The van der Waals surface area contributed by atoms with Crippen molar-refractivity contribution in [1.29, 1.82) is 0 Å². The number of hydrogen-bond donors (Lipinski definition) is 1. The van der Waals surface area contributed by atoms with E-state index in [1.54, 1.807) is 4.31 Å². The highest BCUT2D eigenvalue weighted by Gasteiger charge is 2.38. The van der Waals surface area contributed by atoms with E-state index in [2.05, 4.69) is 0 Å². The number of rotatable bonds is 9. The first-order valence-corrected chi connectivity index (χ1v) is 7.74.